The van der Waals surface area contributed by atoms with Crippen molar-refractivity contribution in [2.75, 3.05) is 18.0 Å². The van der Waals surface area contributed by atoms with E-state index < -0.39 is 29.9 Å². The zero-order valence-corrected chi connectivity index (χ0v) is 15.3. The summed E-state index contributed by atoms with van der Waals surface area (Å²) < 4.78 is 56.6. The summed E-state index contributed by atoms with van der Waals surface area (Å²) in [5, 5.41) is 0. The number of anilines is 1. The largest absolute Gasteiger partial charge is 0.470 e. The predicted molar refractivity (Wildman–Crippen MR) is 91.7 cm³/mol. The fraction of sp³-hybridized carbons (Fsp3) is 0.500. The van der Waals surface area contributed by atoms with E-state index in [1.54, 1.807) is 32.3 Å². The number of fused-ring (bicyclic) bond motifs is 1. The molecule has 2 aromatic rings. The highest BCUT2D eigenvalue weighted by molar-refractivity contribution is 5.32. The van der Waals surface area contributed by atoms with Gasteiger partial charge in [-0.15, -0.1) is 0 Å². The molecule has 0 aromatic carbocycles. The topological polar surface area (TPSA) is 69.6 Å². The first-order valence-electron chi connectivity index (χ1n) is 8.80. The molecule has 0 aliphatic carbocycles. The third-order valence-corrected chi connectivity index (χ3v) is 4.51. The van der Waals surface area contributed by atoms with Crippen LogP contribution in [-0.4, -0.2) is 52.1 Å². The van der Waals surface area contributed by atoms with Gasteiger partial charge in [-0.05, 0) is 26.0 Å². The molecular formula is C18H19F3N4O3. The van der Waals surface area contributed by atoms with Gasteiger partial charge < -0.3 is 19.1 Å². The number of aromatic nitrogens is 3. The van der Waals surface area contributed by atoms with Crippen molar-refractivity contribution < 1.29 is 27.4 Å². The lowest BCUT2D eigenvalue weighted by Crippen LogP contribution is -2.56. The average molecular weight is 396 g/mol. The van der Waals surface area contributed by atoms with Crippen molar-refractivity contribution in [2.24, 2.45) is 0 Å². The molecule has 2 fully saturated rings. The molecule has 28 heavy (non-hydrogen) atoms. The SMILES string of the molecule is CC1(C)O[C@@H]2[C@@H](Oc3cccc(C(F)(F)F)n3)CN(c3ncccn3)C[C@@H]2O1. The monoisotopic (exact) mass is 396 g/mol. The number of hydrogen-bond acceptors (Lipinski definition) is 7. The summed E-state index contributed by atoms with van der Waals surface area (Å²) in [6, 6.07) is 5.26. The van der Waals surface area contributed by atoms with Crippen LogP contribution in [0.3, 0.4) is 0 Å². The van der Waals surface area contributed by atoms with Gasteiger partial charge in [-0.25, -0.2) is 15.0 Å². The minimum Gasteiger partial charge on any atom is -0.470 e. The smallest absolute Gasteiger partial charge is 0.433 e. The van der Waals surface area contributed by atoms with Crippen LogP contribution in [0.4, 0.5) is 19.1 Å². The third-order valence-electron chi connectivity index (χ3n) is 4.51. The van der Waals surface area contributed by atoms with E-state index in [1.807, 2.05) is 4.90 Å². The number of piperidine rings is 1. The maximum absolute atomic E-state index is 13.0. The van der Waals surface area contributed by atoms with Gasteiger partial charge in [0.1, 0.15) is 24.0 Å². The molecule has 4 heterocycles. The van der Waals surface area contributed by atoms with Crippen molar-refractivity contribution in [1.82, 2.24) is 15.0 Å². The second kappa shape index (κ2) is 6.85. The van der Waals surface area contributed by atoms with Crippen LogP contribution >= 0.6 is 0 Å². The van der Waals surface area contributed by atoms with E-state index >= 15 is 0 Å². The molecule has 4 rings (SSSR count). The zero-order chi connectivity index (χ0) is 19.9. The van der Waals surface area contributed by atoms with Crippen LogP contribution in [0, 0.1) is 0 Å². The summed E-state index contributed by atoms with van der Waals surface area (Å²) in [5.41, 5.74) is -1.01. The Kier molecular flexibility index (Phi) is 4.62. The summed E-state index contributed by atoms with van der Waals surface area (Å²) in [5.74, 6) is -0.464. The Hall–Kier alpha value is -2.46. The van der Waals surface area contributed by atoms with Crippen molar-refractivity contribution in [3.8, 4) is 5.88 Å². The summed E-state index contributed by atoms with van der Waals surface area (Å²) >= 11 is 0. The van der Waals surface area contributed by atoms with E-state index in [-0.39, 0.29) is 12.0 Å². The maximum atomic E-state index is 13.0. The Morgan fingerprint density at radius 3 is 2.57 bits per heavy atom. The van der Waals surface area contributed by atoms with Crippen molar-refractivity contribution in [2.45, 2.75) is 44.1 Å². The van der Waals surface area contributed by atoms with Crippen LogP contribution in [0.15, 0.2) is 36.7 Å². The summed E-state index contributed by atoms with van der Waals surface area (Å²) in [7, 11) is 0. The summed E-state index contributed by atoms with van der Waals surface area (Å²) in [4.78, 5) is 13.9. The van der Waals surface area contributed by atoms with Gasteiger partial charge in [-0.3, -0.25) is 0 Å². The number of halogens is 3. The molecule has 0 amide bonds. The number of ether oxygens (including phenoxy) is 3. The molecule has 0 bridgehead atoms. The number of hydrogen-bond donors (Lipinski definition) is 0. The molecule has 3 atom stereocenters. The van der Waals surface area contributed by atoms with Crippen molar-refractivity contribution in [1.29, 1.82) is 0 Å². The van der Waals surface area contributed by atoms with E-state index in [1.165, 1.54) is 12.1 Å². The van der Waals surface area contributed by atoms with Gasteiger partial charge in [0, 0.05) is 18.5 Å². The number of rotatable bonds is 3. The number of nitrogens with zero attached hydrogens (tertiary/aromatic N) is 4. The average Bonchev–Trinajstić information content (AvgIpc) is 2.96. The minimum absolute atomic E-state index is 0.122. The van der Waals surface area contributed by atoms with Crippen molar-refractivity contribution in [3.05, 3.63) is 42.4 Å². The molecule has 150 valence electrons. The lowest BCUT2D eigenvalue weighted by molar-refractivity contribution is -0.151. The zero-order valence-electron chi connectivity index (χ0n) is 15.3. The quantitative estimate of drug-likeness (QED) is 0.790. The number of alkyl halides is 3. The fourth-order valence-corrected chi connectivity index (χ4v) is 3.45. The lowest BCUT2D eigenvalue weighted by atomic mass is 10.0. The summed E-state index contributed by atoms with van der Waals surface area (Å²) in [6.07, 6.45) is -2.72. The second-order valence-electron chi connectivity index (χ2n) is 7.11. The first-order chi connectivity index (χ1) is 13.2. The molecule has 10 heteroatoms. The Morgan fingerprint density at radius 2 is 1.86 bits per heavy atom. The molecule has 0 unspecified atom stereocenters. The van der Waals surface area contributed by atoms with Gasteiger partial charge >= 0.3 is 6.18 Å². The van der Waals surface area contributed by atoms with Crippen LogP contribution in [0.5, 0.6) is 5.88 Å². The summed E-state index contributed by atoms with van der Waals surface area (Å²) in [6.45, 7) is 4.37. The molecule has 2 saturated heterocycles. The maximum Gasteiger partial charge on any atom is 0.433 e. The first-order valence-corrected chi connectivity index (χ1v) is 8.80. The highest BCUT2D eigenvalue weighted by atomic mass is 19.4. The molecule has 2 aromatic heterocycles. The fourth-order valence-electron chi connectivity index (χ4n) is 3.45. The van der Waals surface area contributed by atoms with Gasteiger partial charge in [0.05, 0.1) is 13.1 Å². The van der Waals surface area contributed by atoms with Crippen LogP contribution in [-0.2, 0) is 15.7 Å². The highest BCUT2D eigenvalue weighted by Crippen LogP contribution is 2.36. The van der Waals surface area contributed by atoms with Crippen molar-refractivity contribution in [3.63, 3.8) is 0 Å². The van der Waals surface area contributed by atoms with E-state index in [9.17, 15) is 13.2 Å². The molecule has 0 N–H and O–H groups in total. The first kappa shape index (κ1) is 18.9. The molecule has 0 spiro atoms. The molecule has 0 saturated carbocycles. The highest BCUT2D eigenvalue weighted by Gasteiger charge is 2.50. The Bertz CT molecular complexity index is 834. The van der Waals surface area contributed by atoms with Crippen LogP contribution in [0.25, 0.3) is 0 Å². The van der Waals surface area contributed by atoms with Gasteiger partial charge in [-0.1, -0.05) is 6.07 Å². The van der Waals surface area contributed by atoms with E-state index in [0.29, 0.717) is 19.0 Å². The molecular weight excluding hydrogens is 377 g/mol. The van der Waals surface area contributed by atoms with E-state index in [0.717, 1.165) is 6.07 Å². The van der Waals surface area contributed by atoms with Gasteiger partial charge in [0.25, 0.3) is 0 Å². The van der Waals surface area contributed by atoms with Crippen LogP contribution in [0.2, 0.25) is 0 Å². The normalized spacial score (nSPS) is 26.8. The van der Waals surface area contributed by atoms with E-state index in [4.69, 9.17) is 14.2 Å². The molecule has 2 aliphatic rings. The van der Waals surface area contributed by atoms with E-state index in [2.05, 4.69) is 15.0 Å². The Morgan fingerprint density at radius 1 is 1.11 bits per heavy atom. The molecule has 2 aliphatic heterocycles. The second-order valence-corrected chi connectivity index (χ2v) is 7.11. The Balaban J connectivity index is 1.60. The van der Waals surface area contributed by atoms with Crippen LogP contribution in [0.1, 0.15) is 19.5 Å². The third kappa shape index (κ3) is 3.88. The molecule has 7 nitrogen and oxygen atoms in total. The predicted octanol–water partition coefficient (Wildman–Crippen LogP) is 2.68. The van der Waals surface area contributed by atoms with Gasteiger partial charge in [0.2, 0.25) is 11.8 Å². The number of pyridine rings is 1. The van der Waals surface area contributed by atoms with Gasteiger partial charge in [-0.2, -0.15) is 13.2 Å². The van der Waals surface area contributed by atoms with Crippen molar-refractivity contribution >= 4 is 5.95 Å². The lowest BCUT2D eigenvalue weighted by Gasteiger charge is -2.38. The van der Waals surface area contributed by atoms with Crippen LogP contribution < -0.4 is 9.64 Å². The Labute approximate surface area is 159 Å². The molecule has 0 radical (unpaired) electrons. The minimum atomic E-state index is -4.55. The standard InChI is InChI=1S/C18H19F3N4O3/c1-17(2)27-12-10-25(16-22-7-4-8-23-16)9-11(15(12)28-17)26-14-6-3-5-13(24-14)18(19,20)21/h3-8,11-12,15H,9-10H2,1-2H3/t11-,12-,15+/m0/s1. The van der Waals surface area contributed by atoms with Gasteiger partial charge in [0.15, 0.2) is 5.79 Å².